The third-order valence-electron chi connectivity index (χ3n) is 16.9. The van der Waals surface area contributed by atoms with E-state index in [0.29, 0.717) is 47.9 Å². The van der Waals surface area contributed by atoms with Crippen molar-refractivity contribution in [2.45, 2.75) is 111 Å². The van der Waals surface area contributed by atoms with Gasteiger partial charge in [0.2, 0.25) is 29.5 Å². The van der Waals surface area contributed by atoms with E-state index in [1.165, 1.54) is 19.3 Å². The molecule has 6 aromatic heterocycles. The standard InChI is InChI=1S/C23H22N6O2.C23H24N6O.C21H20N6O2/c1-14-25-10-16(11-26-14)15-6-7-17-18(9-15)29(22(31)23(17,2)3)20-13-24-12-19(27-20)28-8-4-5-21(28)30;1-15-25-11-17(12-26-15)16-6-7-18-19(10-16)29(22(30)23(18,2)3)21-14-24-13-20(27-21)28-8-4-5-9-28;1-12-23-8-15(9-24-12)14-5-6-16-17(7-14)27(20(29)21(16,3)4)19-11-22-10-18(26-19)25-13(2)28/h6-7,9-13H,4-5,8H2,1-3H3;6-7,10-14H,4-5,8-9H2,1-3H3;5-11H,1-4H3,(H,25,26,28). The number of carbonyl (C=O) groups is 5. The topological polar surface area (TPSA) is 268 Å². The first kappa shape index (κ1) is 59.6. The molecule has 0 atom stereocenters. The van der Waals surface area contributed by atoms with E-state index in [2.05, 4.69) is 65.0 Å². The Labute approximate surface area is 520 Å². The zero-order valence-corrected chi connectivity index (χ0v) is 51.7. The summed E-state index contributed by atoms with van der Waals surface area (Å²) < 4.78 is 0. The van der Waals surface area contributed by atoms with Crippen molar-refractivity contribution >= 4 is 81.5 Å². The van der Waals surface area contributed by atoms with Gasteiger partial charge in [-0.15, -0.1) is 0 Å². The highest BCUT2D eigenvalue weighted by molar-refractivity contribution is 6.14. The molecule has 11 heterocycles. The number of anilines is 9. The van der Waals surface area contributed by atoms with Gasteiger partial charge in [0.15, 0.2) is 29.1 Å². The number of nitrogens with zero attached hydrogens (tertiary/aromatic N) is 17. The van der Waals surface area contributed by atoms with Crippen LogP contribution in [0.5, 0.6) is 0 Å². The third-order valence-corrected chi connectivity index (χ3v) is 16.9. The Morgan fingerprint density at radius 1 is 0.422 bits per heavy atom. The maximum Gasteiger partial charge on any atom is 0.242 e. The number of rotatable bonds is 9. The van der Waals surface area contributed by atoms with Crippen LogP contribution in [-0.4, -0.2) is 109 Å². The molecule has 1 N–H and O–H groups in total. The van der Waals surface area contributed by atoms with Crippen LogP contribution in [0.4, 0.5) is 52.0 Å². The summed E-state index contributed by atoms with van der Waals surface area (Å²) in [5.41, 5.74) is 8.47. The lowest BCUT2D eigenvalue weighted by atomic mass is 9.85. The summed E-state index contributed by atoms with van der Waals surface area (Å²) in [5.74, 6) is 4.61. The average Bonchev–Trinajstić information content (AvgIpc) is 1.62. The van der Waals surface area contributed by atoms with Gasteiger partial charge in [-0.3, -0.25) is 58.5 Å². The SMILES string of the molecule is CC(=O)Nc1cncc(N2C(=O)C(C)(C)c3ccc(-c4cnc(C)nc4)cc32)n1.Cc1ncc(-c2ccc3c(c2)N(c2cncc(N4CCCC4)n2)C(=O)C3(C)C)cn1.Cc1ncc(-c2ccc3c(c2)N(c2cncc(N4CCCC4=O)n2)C(=O)C3(C)C)cn1. The highest BCUT2D eigenvalue weighted by Crippen LogP contribution is 2.49. The molecule has 5 amide bonds. The van der Waals surface area contributed by atoms with Crippen molar-refractivity contribution in [2.24, 2.45) is 0 Å². The molecule has 9 aromatic rings. The molecule has 0 bridgehead atoms. The smallest absolute Gasteiger partial charge is 0.242 e. The first-order chi connectivity index (χ1) is 43.1. The summed E-state index contributed by atoms with van der Waals surface area (Å²) in [6.07, 6.45) is 23.8. The Balaban J connectivity index is 0.000000131. The number of amides is 5. The Bertz CT molecular complexity index is 4320. The van der Waals surface area contributed by atoms with Crippen LogP contribution in [0, 0.1) is 20.8 Å². The normalized spacial score (nSPS) is 16.5. The van der Waals surface area contributed by atoms with Crippen LogP contribution in [0.2, 0.25) is 0 Å². The number of aryl methyl sites for hydroxylation is 3. The van der Waals surface area contributed by atoms with E-state index in [9.17, 15) is 24.0 Å². The zero-order valence-electron chi connectivity index (χ0n) is 51.7. The molecule has 0 spiro atoms. The van der Waals surface area contributed by atoms with Gasteiger partial charge in [0, 0.05) is 86.9 Å². The molecular formula is C67H66N18O5. The van der Waals surface area contributed by atoms with Gasteiger partial charge in [0.1, 0.15) is 23.3 Å². The van der Waals surface area contributed by atoms with E-state index in [1.54, 1.807) is 69.2 Å². The monoisotopic (exact) mass is 1200 g/mol. The molecule has 23 nitrogen and oxygen atoms in total. The number of nitrogens with one attached hydrogen (secondary N) is 1. The highest BCUT2D eigenvalue weighted by Gasteiger charge is 2.48. The molecule has 5 aliphatic heterocycles. The fourth-order valence-corrected chi connectivity index (χ4v) is 11.8. The van der Waals surface area contributed by atoms with E-state index >= 15 is 0 Å². The second-order valence-corrected chi connectivity index (χ2v) is 24.3. The van der Waals surface area contributed by atoms with Gasteiger partial charge in [-0.1, -0.05) is 36.4 Å². The average molecular weight is 1200 g/mol. The molecule has 454 valence electrons. The van der Waals surface area contributed by atoms with Crippen LogP contribution < -0.4 is 29.8 Å². The molecule has 14 rings (SSSR count). The van der Waals surface area contributed by atoms with Gasteiger partial charge in [-0.05, 0) is 133 Å². The van der Waals surface area contributed by atoms with Crippen LogP contribution in [0.1, 0.15) is 108 Å². The molecule has 0 unspecified atom stereocenters. The second kappa shape index (κ2) is 23.4. The molecular weight excluding hydrogens is 1140 g/mol. The number of aromatic nitrogens is 12. The van der Waals surface area contributed by atoms with Crippen molar-refractivity contribution in [1.29, 1.82) is 0 Å². The summed E-state index contributed by atoms with van der Waals surface area (Å²) in [6, 6.07) is 17.9. The van der Waals surface area contributed by atoms with Crippen molar-refractivity contribution in [3.8, 4) is 33.4 Å². The van der Waals surface area contributed by atoms with Crippen LogP contribution in [0.3, 0.4) is 0 Å². The number of fused-ring (bicyclic) bond motifs is 3. The first-order valence-electron chi connectivity index (χ1n) is 29.7. The molecule has 3 aromatic carbocycles. The van der Waals surface area contributed by atoms with Crippen molar-refractivity contribution in [2.75, 3.05) is 49.5 Å². The Morgan fingerprint density at radius 2 is 0.778 bits per heavy atom. The van der Waals surface area contributed by atoms with Crippen LogP contribution in [0.15, 0.2) is 129 Å². The van der Waals surface area contributed by atoms with Crippen LogP contribution in [0.25, 0.3) is 33.4 Å². The fraction of sp³-hybridized carbons (Fsp3) is 0.299. The van der Waals surface area contributed by atoms with Crippen molar-refractivity contribution in [3.05, 3.63) is 163 Å². The first-order valence-corrected chi connectivity index (χ1v) is 29.7. The molecule has 90 heavy (non-hydrogen) atoms. The summed E-state index contributed by atoms with van der Waals surface area (Å²) in [4.78, 5) is 125. The number of carbonyl (C=O) groups excluding carboxylic acids is 5. The van der Waals surface area contributed by atoms with Gasteiger partial charge in [0.25, 0.3) is 0 Å². The zero-order chi connectivity index (χ0) is 63.4. The van der Waals surface area contributed by atoms with Crippen molar-refractivity contribution in [1.82, 2.24) is 59.8 Å². The molecule has 2 saturated heterocycles. The highest BCUT2D eigenvalue weighted by atomic mass is 16.2. The molecule has 23 heteroatoms. The van der Waals surface area contributed by atoms with Crippen LogP contribution >= 0.6 is 0 Å². The largest absolute Gasteiger partial charge is 0.355 e. The van der Waals surface area contributed by atoms with E-state index in [4.69, 9.17) is 4.98 Å². The lowest BCUT2D eigenvalue weighted by Gasteiger charge is -2.22. The number of hydrogen-bond donors (Lipinski definition) is 1. The molecule has 5 aliphatic rings. The lowest BCUT2D eigenvalue weighted by Crippen LogP contribution is -2.34. The number of hydrogen-bond acceptors (Lipinski definition) is 18. The third kappa shape index (κ3) is 11.1. The minimum Gasteiger partial charge on any atom is -0.355 e. The quantitative estimate of drug-likeness (QED) is 0.141. The maximum atomic E-state index is 13.4. The van der Waals surface area contributed by atoms with Gasteiger partial charge in [0.05, 0.1) is 70.5 Å². The molecule has 0 aliphatic carbocycles. The second-order valence-electron chi connectivity index (χ2n) is 24.3. The number of benzene rings is 3. The van der Waals surface area contributed by atoms with E-state index in [1.807, 2.05) is 129 Å². The molecule has 0 radical (unpaired) electrons. The predicted molar refractivity (Wildman–Crippen MR) is 341 cm³/mol. The van der Waals surface area contributed by atoms with Gasteiger partial charge >= 0.3 is 0 Å². The van der Waals surface area contributed by atoms with Crippen molar-refractivity contribution in [3.63, 3.8) is 0 Å². The molecule has 0 saturated carbocycles. The van der Waals surface area contributed by atoms with E-state index in [-0.39, 0.29) is 35.4 Å². The van der Waals surface area contributed by atoms with Gasteiger partial charge in [-0.2, -0.15) is 0 Å². The maximum absolute atomic E-state index is 13.4. The fourth-order valence-electron chi connectivity index (χ4n) is 11.8. The Kier molecular flexibility index (Phi) is 15.5. The van der Waals surface area contributed by atoms with Gasteiger partial charge < -0.3 is 10.2 Å². The van der Waals surface area contributed by atoms with Crippen LogP contribution in [-0.2, 0) is 40.2 Å². The lowest BCUT2D eigenvalue weighted by molar-refractivity contribution is -0.122. The summed E-state index contributed by atoms with van der Waals surface area (Å²) in [7, 11) is 0. The minimum atomic E-state index is -0.719. The summed E-state index contributed by atoms with van der Waals surface area (Å²) >= 11 is 0. The van der Waals surface area contributed by atoms with Crippen molar-refractivity contribution < 1.29 is 24.0 Å². The Hall–Kier alpha value is -10.7. The Morgan fingerprint density at radius 3 is 1.16 bits per heavy atom. The molecule has 2 fully saturated rings. The van der Waals surface area contributed by atoms with E-state index < -0.39 is 16.2 Å². The summed E-state index contributed by atoms with van der Waals surface area (Å²) in [6.45, 7) is 21.0. The van der Waals surface area contributed by atoms with E-state index in [0.717, 1.165) is 111 Å². The van der Waals surface area contributed by atoms with Gasteiger partial charge in [-0.25, -0.2) is 44.9 Å². The summed E-state index contributed by atoms with van der Waals surface area (Å²) in [5, 5.41) is 2.60. The predicted octanol–water partition coefficient (Wildman–Crippen LogP) is 10.3. The minimum absolute atomic E-state index is 0.00248.